The van der Waals surface area contributed by atoms with Crippen LogP contribution < -0.4 is 15.3 Å². The third kappa shape index (κ3) is 2.11. The zero-order valence-corrected chi connectivity index (χ0v) is 15.0. The molecule has 0 amide bonds. The van der Waals surface area contributed by atoms with Crippen molar-refractivity contribution < 1.29 is 4.74 Å². The molecule has 8 heteroatoms. The minimum atomic E-state index is -0.315. The van der Waals surface area contributed by atoms with E-state index in [-0.39, 0.29) is 17.8 Å². The second kappa shape index (κ2) is 5.32. The Hall–Kier alpha value is -1.86. The van der Waals surface area contributed by atoms with Crippen molar-refractivity contribution in [1.29, 1.82) is 0 Å². The quantitative estimate of drug-likeness (QED) is 0.712. The van der Waals surface area contributed by atoms with Crippen molar-refractivity contribution in [2.75, 3.05) is 31.6 Å². The van der Waals surface area contributed by atoms with Gasteiger partial charge in [-0.1, -0.05) is 11.6 Å². The largest absolute Gasteiger partial charge is 0.489 e. The molecule has 24 heavy (non-hydrogen) atoms. The first-order chi connectivity index (χ1) is 11.4. The molecule has 0 bridgehead atoms. The number of rotatable bonds is 0. The number of likely N-dealkylation sites (N-methyl/N-ethyl adjacent to an activating group) is 1. The maximum absolute atomic E-state index is 12.4. The fourth-order valence-electron chi connectivity index (χ4n) is 3.83. The van der Waals surface area contributed by atoms with E-state index in [1.54, 1.807) is 7.05 Å². The van der Waals surface area contributed by atoms with Crippen molar-refractivity contribution >= 4 is 28.5 Å². The maximum Gasteiger partial charge on any atom is 0.350 e. The Morgan fingerprint density at radius 1 is 1.25 bits per heavy atom. The molecule has 4 rings (SSSR count). The molecule has 4 heterocycles. The predicted molar refractivity (Wildman–Crippen MR) is 93.2 cm³/mol. The predicted octanol–water partition coefficient (Wildman–Crippen LogP) is 1.19. The van der Waals surface area contributed by atoms with Gasteiger partial charge in [0.25, 0.3) is 0 Å². The number of piperazine rings is 1. The highest BCUT2D eigenvalue weighted by Gasteiger charge is 2.37. The molecule has 2 aromatic rings. The van der Waals surface area contributed by atoms with E-state index < -0.39 is 0 Å². The Bertz CT molecular complexity index is 896. The molecular formula is C16H20ClN5O2. The molecule has 0 aliphatic carbocycles. The summed E-state index contributed by atoms with van der Waals surface area (Å²) in [7, 11) is 3.77. The number of hydrogen-bond donors (Lipinski definition) is 0. The number of nitrogens with zero attached hydrogens (tertiary/aromatic N) is 5. The molecular weight excluding hydrogens is 330 g/mol. The summed E-state index contributed by atoms with van der Waals surface area (Å²) in [4.78, 5) is 25.8. The minimum absolute atomic E-state index is 0.116. The number of hydrogen-bond acceptors (Lipinski definition) is 6. The van der Waals surface area contributed by atoms with Crippen LogP contribution in [0.2, 0.25) is 5.02 Å². The highest BCUT2D eigenvalue weighted by Crippen LogP contribution is 2.42. The number of aryl methyl sites for hydroxylation is 2. The fourth-order valence-corrected chi connectivity index (χ4v) is 4.02. The Balaban J connectivity index is 2.08. The highest BCUT2D eigenvalue weighted by molar-refractivity contribution is 6.34. The molecule has 0 aromatic carbocycles. The van der Waals surface area contributed by atoms with Crippen LogP contribution in [0, 0.1) is 6.92 Å². The molecule has 1 saturated heterocycles. The van der Waals surface area contributed by atoms with Gasteiger partial charge in [0.2, 0.25) is 0 Å². The van der Waals surface area contributed by atoms with Crippen LogP contribution in [0.1, 0.15) is 12.6 Å². The van der Waals surface area contributed by atoms with Gasteiger partial charge in [-0.15, -0.1) is 0 Å². The van der Waals surface area contributed by atoms with Gasteiger partial charge < -0.3 is 14.5 Å². The van der Waals surface area contributed by atoms with E-state index in [9.17, 15) is 4.79 Å². The molecule has 0 saturated carbocycles. The second-order valence-electron chi connectivity index (χ2n) is 6.76. The van der Waals surface area contributed by atoms with Crippen molar-refractivity contribution in [1.82, 2.24) is 19.4 Å². The molecule has 2 atom stereocenters. The van der Waals surface area contributed by atoms with Gasteiger partial charge >= 0.3 is 5.69 Å². The first-order valence-corrected chi connectivity index (χ1v) is 8.42. The first-order valence-electron chi connectivity index (χ1n) is 8.05. The van der Waals surface area contributed by atoms with Gasteiger partial charge in [0.15, 0.2) is 11.4 Å². The lowest BCUT2D eigenvalue weighted by Crippen LogP contribution is -2.59. The molecule has 2 aromatic heterocycles. The summed E-state index contributed by atoms with van der Waals surface area (Å²) in [6.07, 6.45) is 0. The van der Waals surface area contributed by atoms with Gasteiger partial charge in [-0.05, 0) is 20.9 Å². The van der Waals surface area contributed by atoms with Crippen LogP contribution in [0.15, 0.2) is 4.79 Å². The zero-order valence-electron chi connectivity index (χ0n) is 14.2. The summed E-state index contributed by atoms with van der Waals surface area (Å²) in [5.74, 6) is 1.22. The van der Waals surface area contributed by atoms with E-state index in [1.807, 2.05) is 6.92 Å². The monoisotopic (exact) mass is 349 g/mol. The van der Waals surface area contributed by atoms with Crippen LogP contribution in [0.3, 0.4) is 0 Å². The fraction of sp³-hybridized carbons (Fsp3) is 0.562. The Morgan fingerprint density at radius 3 is 2.75 bits per heavy atom. The number of ether oxygens (including phenoxy) is 1. The normalized spacial score (nSPS) is 23.8. The molecule has 2 unspecified atom stereocenters. The number of anilines is 1. The maximum atomic E-state index is 12.4. The summed E-state index contributed by atoms with van der Waals surface area (Å²) in [5.41, 5.74) is 0.898. The van der Waals surface area contributed by atoms with Crippen LogP contribution in [0.5, 0.6) is 5.75 Å². The third-order valence-corrected chi connectivity index (χ3v) is 5.35. The Kier molecular flexibility index (Phi) is 3.47. The van der Waals surface area contributed by atoms with Crippen molar-refractivity contribution in [2.45, 2.75) is 25.9 Å². The summed E-state index contributed by atoms with van der Waals surface area (Å²) in [5, 5.41) is 1.22. The molecule has 128 valence electrons. The van der Waals surface area contributed by atoms with Crippen LogP contribution >= 0.6 is 11.6 Å². The van der Waals surface area contributed by atoms with Gasteiger partial charge in [-0.2, -0.15) is 4.98 Å². The zero-order chi connectivity index (χ0) is 17.2. The van der Waals surface area contributed by atoms with Crippen LogP contribution in [-0.2, 0) is 7.05 Å². The second-order valence-corrected chi connectivity index (χ2v) is 7.14. The van der Waals surface area contributed by atoms with E-state index in [0.29, 0.717) is 34.5 Å². The number of pyridine rings is 1. The average molecular weight is 350 g/mol. The molecule has 0 spiro atoms. The van der Waals surface area contributed by atoms with Crippen molar-refractivity contribution in [2.24, 2.45) is 7.05 Å². The van der Waals surface area contributed by atoms with Crippen LogP contribution in [0.4, 0.5) is 5.82 Å². The molecule has 0 radical (unpaired) electrons. The smallest absolute Gasteiger partial charge is 0.350 e. The topological polar surface area (TPSA) is 63.5 Å². The van der Waals surface area contributed by atoms with E-state index in [0.717, 1.165) is 18.5 Å². The summed E-state index contributed by atoms with van der Waals surface area (Å²) < 4.78 is 7.55. The van der Waals surface area contributed by atoms with Gasteiger partial charge in [-0.3, -0.25) is 4.57 Å². The van der Waals surface area contributed by atoms with E-state index >= 15 is 0 Å². The summed E-state index contributed by atoms with van der Waals surface area (Å²) >= 11 is 6.47. The third-order valence-electron chi connectivity index (χ3n) is 4.90. The molecule has 0 N–H and O–H groups in total. The average Bonchev–Trinajstić information content (AvgIpc) is 2.67. The summed E-state index contributed by atoms with van der Waals surface area (Å²) in [6, 6.07) is 0.330. The lowest BCUT2D eigenvalue weighted by atomic mass is 10.1. The lowest BCUT2D eigenvalue weighted by molar-refractivity contribution is 0.186. The van der Waals surface area contributed by atoms with E-state index in [2.05, 4.69) is 33.7 Å². The van der Waals surface area contributed by atoms with Crippen LogP contribution in [0.25, 0.3) is 11.0 Å². The van der Waals surface area contributed by atoms with Gasteiger partial charge in [-0.25, -0.2) is 9.78 Å². The van der Waals surface area contributed by atoms with Gasteiger partial charge in [0.1, 0.15) is 22.8 Å². The van der Waals surface area contributed by atoms with Crippen LogP contribution in [-0.4, -0.2) is 58.3 Å². The van der Waals surface area contributed by atoms with Crippen molar-refractivity contribution in [3.63, 3.8) is 0 Å². The highest BCUT2D eigenvalue weighted by atomic mass is 35.5. The Morgan fingerprint density at radius 2 is 2.00 bits per heavy atom. The minimum Gasteiger partial charge on any atom is -0.489 e. The number of fused-ring (bicyclic) bond motifs is 2. The van der Waals surface area contributed by atoms with Crippen molar-refractivity contribution in [3.05, 3.63) is 21.2 Å². The Labute approximate surface area is 144 Å². The number of halogens is 1. The SMILES string of the molecule is Cc1nc2c3c(nc(=O)n2C)N2C(C)CN(C)CC2COc3c1Cl. The first kappa shape index (κ1) is 15.7. The lowest BCUT2D eigenvalue weighted by Gasteiger charge is -2.44. The van der Waals surface area contributed by atoms with Gasteiger partial charge in [0.05, 0.1) is 11.7 Å². The van der Waals surface area contributed by atoms with Gasteiger partial charge in [0, 0.05) is 26.2 Å². The van der Waals surface area contributed by atoms with Crippen molar-refractivity contribution in [3.8, 4) is 5.75 Å². The standard InChI is InChI=1S/C16H20ClN5O2/c1-8-5-20(3)6-10-7-24-13-11-14(18-9(2)12(13)17)21(4)16(23)19-15(11)22(8)10/h8,10H,5-7H2,1-4H3. The molecule has 1 fully saturated rings. The number of aromatic nitrogens is 3. The molecule has 2 aliphatic rings. The molecule has 2 aliphatic heterocycles. The van der Waals surface area contributed by atoms with E-state index in [4.69, 9.17) is 16.3 Å². The van der Waals surface area contributed by atoms with E-state index in [1.165, 1.54) is 4.57 Å². The summed E-state index contributed by atoms with van der Waals surface area (Å²) in [6.45, 7) is 6.21. The molecule has 7 nitrogen and oxygen atoms in total.